The molecular formula is C44H38O4P2. The van der Waals surface area contributed by atoms with Gasteiger partial charge < -0.3 is 18.1 Å². The molecule has 6 aromatic rings. The van der Waals surface area contributed by atoms with Crippen LogP contribution in [0.4, 0.5) is 0 Å². The molecule has 0 radical (unpaired) electrons. The van der Waals surface area contributed by atoms with Crippen molar-refractivity contribution >= 4 is 50.4 Å². The lowest BCUT2D eigenvalue weighted by Gasteiger charge is -2.29. The number of rotatable bonds is 9. The molecule has 6 aromatic carbocycles. The first-order chi connectivity index (χ1) is 24.5. The van der Waals surface area contributed by atoms with Gasteiger partial charge in [-0.1, -0.05) is 115 Å². The molecular weight excluding hydrogens is 654 g/mol. The molecule has 2 aliphatic rings. The molecule has 0 N–H and O–H groups in total. The maximum Gasteiger partial charge on any atom is 0.275 e. The highest BCUT2D eigenvalue weighted by molar-refractivity contribution is 7.27. The molecule has 0 aromatic heterocycles. The Morgan fingerprint density at radius 3 is 1.66 bits per heavy atom. The molecule has 6 heteroatoms. The number of benzene rings is 6. The van der Waals surface area contributed by atoms with Crippen LogP contribution >= 0.6 is 18.1 Å². The van der Waals surface area contributed by atoms with Gasteiger partial charge in [0.15, 0.2) is 0 Å². The lowest BCUT2D eigenvalue weighted by Crippen LogP contribution is -2.19. The van der Waals surface area contributed by atoms with Crippen molar-refractivity contribution in [2.75, 3.05) is 0 Å². The molecule has 2 aliphatic carbocycles. The Kier molecular flexibility index (Phi) is 8.92. The van der Waals surface area contributed by atoms with Gasteiger partial charge in [-0.25, -0.2) is 0 Å². The Balaban J connectivity index is 1.20. The van der Waals surface area contributed by atoms with E-state index in [1.165, 1.54) is 16.5 Å². The second-order valence-corrected chi connectivity index (χ2v) is 14.2. The van der Waals surface area contributed by atoms with Gasteiger partial charge in [-0.15, -0.1) is 0 Å². The number of hydrogen-bond acceptors (Lipinski definition) is 4. The van der Waals surface area contributed by atoms with Crippen LogP contribution in [0.3, 0.4) is 0 Å². The summed E-state index contributed by atoms with van der Waals surface area (Å²) in [5, 5.41) is 6.69. The summed E-state index contributed by atoms with van der Waals surface area (Å²) in [7, 11) is -0.491. The number of allylic oxidation sites excluding steroid dienone is 7. The predicted molar refractivity (Wildman–Crippen MR) is 212 cm³/mol. The SMILES string of the molecule is CC1=CC=C(OPOc2c(C)cc3ccccc3c2-c2c(OPOc3ccc(C)c4ccccc34)c(C)cc3ccccc23)C2C=CC=CC12. The molecule has 0 bridgehead atoms. The van der Waals surface area contributed by atoms with Gasteiger partial charge in [0.25, 0.3) is 18.1 Å². The van der Waals surface area contributed by atoms with Gasteiger partial charge >= 0.3 is 0 Å². The zero-order valence-electron chi connectivity index (χ0n) is 28.5. The second kappa shape index (κ2) is 13.8. The number of fused-ring (bicyclic) bond motifs is 4. The largest absolute Gasteiger partial charge is 0.444 e. The highest BCUT2D eigenvalue weighted by Crippen LogP contribution is 2.51. The standard InChI is InChI=1S/C44H38O4P2/c1-27-21-23-39(37-19-11-9-15-33(27)37)45-49-47-43-29(3)25-31-13-5-7-17-35(31)41(43)42-36-18-8-6-14-32(36)26-30(4)44(42)48-50-46-40-24-22-28(2)34-16-10-12-20-38(34)40/h5-26,33,37,49-50H,1-4H3. The summed E-state index contributed by atoms with van der Waals surface area (Å²) >= 11 is 0. The molecule has 8 rings (SSSR count). The first-order valence-electron chi connectivity index (χ1n) is 16.9. The highest BCUT2D eigenvalue weighted by Gasteiger charge is 2.28. The van der Waals surface area contributed by atoms with Crippen LogP contribution in [-0.2, 0) is 4.52 Å². The van der Waals surface area contributed by atoms with E-state index in [-0.39, 0.29) is 24.0 Å². The van der Waals surface area contributed by atoms with Crippen LogP contribution in [0.15, 0.2) is 145 Å². The van der Waals surface area contributed by atoms with Gasteiger partial charge in [0.05, 0.1) is 0 Å². The van der Waals surface area contributed by atoms with Gasteiger partial charge in [-0.05, 0) is 95.6 Å². The molecule has 4 unspecified atom stereocenters. The van der Waals surface area contributed by atoms with E-state index >= 15 is 0 Å². The van der Waals surface area contributed by atoms with E-state index in [4.69, 9.17) is 18.1 Å². The average Bonchev–Trinajstić information content (AvgIpc) is 3.14. The summed E-state index contributed by atoms with van der Waals surface area (Å²) in [6.07, 6.45) is 12.9. The van der Waals surface area contributed by atoms with E-state index in [9.17, 15) is 0 Å². The van der Waals surface area contributed by atoms with Crippen LogP contribution in [0.1, 0.15) is 23.6 Å². The number of hydrogen-bond donors (Lipinski definition) is 0. The average molecular weight is 693 g/mol. The summed E-state index contributed by atoms with van der Waals surface area (Å²) in [6, 6.07) is 33.8. The van der Waals surface area contributed by atoms with Crippen molar-refractivity contribution in [3.8, 4) is 28.4 Å². The van der Waals surface area contributed by atoms with Gasteiger partial charge in [0.1, 0.15) is 23.0 Å². The zero-order valence-corrected chi connectivity index (χ0v) is 30.5. The molecule has 0 amide bonds. The Morgan fingerprint density at radius 2 is 1.02 bits per heavy atom. The molecule has 0 aliphatic heterocycles. The van der Waals surface area contributed by atoms with Crippen LogP contribution in [0.2, 0.25) is 0 Å². The quantitative estimate of drug-likeness (QED) is 0.141. The molecule has 248 valence electrons. The monoisotopic (exact) mass is 692 g/mol. The molecule has 50 heavy (non-hydrogen) atoms. The fourth-order valence-electron chi connectivity index (χ4n) is 7.28. The van der Waals surface area contributed by atoms with Gasteiger partial charge in [-0.3, -0.25) is 0 Å². The van der Waals surface area contributed by atoms with E-state index in [0.717, 1.165) is 72.2 Å². The van der Waals surface area contributed by atoms with Crippen LogP contribution in [0.25, 0.3) is 43.4 Å². The van der Waals surface area contributed by atoms with Gasteiger partial charge in [0.2, 0.25) is 0 Å². The summed E-state index contributed by atoms with van der Waals surface area (Å²) in [5.41, 5.74) is 6.58. The van der Waals surface area contributed by atoms with Crippen LogP contribution in [-0.4, -0.2) is 0 Å². The fraction of sp³-hybridized carbons (Fsp3) is 0.136. The van der Waals surface area contributed by atoms with Crippen LogP contribution in [0.5, 0.6) is 17.2 Å². The summed E-state index contributed by atoms with van der Waals surface area (Å²) < 4.78 is 26.3. The molecule has 0 saturated heterocycles. The number of aryl methyl sites for hydroxylation is 3. The summed E-state index contributed by atoms with van der Waals surface area (Å²) in [5.74, 6) is 3.77. The van der Waals surface area contributed by atoms with Gasteiger partial charge in [-0.2, -0.15) is 0 Å². The van der Waals surface area contributed by atoms with Crippen LogP contribution in [0, 0.1) is 32.6 Å². The van der Waals surface area contributed by atoms with Crippen molar-refractivity contribution in [2.24, 2.45) is 11.8 Å². The molecule has 0 spiro atoms. The van der Waals surface area contributed by atoms with E-state index in [1.807, 2.05) is 12.1 Å². The third-order valence-corrected chi connectivity index (χ3v) is 11.0. The summed E-state index contributed by atoms with van der Waals surface area (Å²) in [4.78, 5) is 0. The third kappa shape index (κ3) is 5.98. The Labute approximate surface area is 297 Å². The third-order valence-electron chi connectivity index (χ3n) is 9.83. The van der Waals surface area contributed by atoms with Gasteiger partial charge in [0, 0.05) is 28.3 Å². The minimum absolute atomic E-state index is 0.172. The van der Waals surface area contributed by atoms with Crippen molar-refractivity contribution in [1.29, 1.82) is 0 Å². The van der Waals surface area contributed by atoms with Crippen molar-refractivity contribution in [1.82, 2.24) is 0 Å². The smallest absolute Gasteiger partial charge is 0.275 e. The lowest BCUT2D eigenvalue weighted by molar-refractivity contribution is 0.353. The first-order valence-corrected chi connectivity index (χ1v) is 18.6. The van der Waals surface area contributed by atoms with E-state index in [1.54, 1.807) is 0 Å². The molecule has 4 atom stereocenters. The van der Waals surface area contributed by atoms with Crippen LogP contribution < -0.4 is 13.6 Å². The van der Waals surface area contributed by atoms with Crippen molar-refractivity contribution < 1.29 is 18.1 Å². The summed E-state index contributed by atoms with van der Waals surface area (Å²) in [6.45, 7) is 8.52. The van der Waals surface area contributed by atoms with E-state index in [0.29, 0.717) is 5.92 Å². The van der Waals surface area contributed by atoms with Crippen molar-refractivity contribution in [2.45, 2.75) is 27.7 Å². The Hall–Kier alpha value is -4.88. The normalized spacial score (nSPS) is 17.1. The molecule has 0 saturated carbocycles. The second-order valence-electron chi connectivity index (χ2n) is 13.0. The minimum Gasteiger partial charge on any atom is -0.444 e. The Morgan fingerprint density at radius 1 is 0.480 bits per heavy atom. The lowest BCUT2D eigenvalue weighted by atomic mass is 9.79. The molecule has 4 nitrogen and oxygen atoms in total. The van der Waals surface area contributed by atoms with E-state index in [2.05, 4.69) is 149 Å². The highest BCUT2D eigenvalue weighted by atomic mass is 31.1. The fourth-order valence-corrected chi connectivity index (χ4v) is 8.62. The topological polar surface area (TPSA) is 36.9 Å². The first kappa shape index (κ1) is 32.3. The van der Waals surface area contributed by atoms with Crippen molar-refractivity contribution in [3.63, 3.8) is 0 Å². The van der Waals surface area contributed by atoms with E-state index < -0.39 is 0 Å². The maximum absolute atomic E-state index is 6.73. The predicted octanol–water partition coefficient (Wildman–Crippen LogP) is 12.8. The molecule has 0 heterocycles. The molecule has 0 fully saturated rings. The Bertz CT molecular complexity index is 2400. The minimum atomic E-state index is -0.260. The van der Waals surface area contributed by atoms with Crippen molar-refractivity contribution in [3.05, 3.63) is 162 Å². The maximum atomic E-state index is 6.73. The zero-order chi connectivity index (χ0) is 34.2.